The van der Waals surface area contributed by atoms with Crippen LogP contribution in [0.25, 0.3) is 0 Å². The predicted molar refractivity (Wildman–Crippen MR) is 56.6 cm³/mol. The van der Waals surface area contributed by atoms with Crippen LogP contribution in [0.1, 0.15) is 51.9 Å². The van der Waals surface area contributed by atoms with Crippen molar-refractivity contribution in [3.63, 3.8) is 0 Å². The van der Waals surface area contributed by atoms with Crippen molar-refractivity contribution in [2.75, 3.05) is 0 Å². The zero-order chi connectivity index (χ0) is 9.23. The third kappa shape index (κ3) is 10.2. The molecule has 1 radical (unpaired) electrons. The van der Waals surface area contributed by atoms with E-state index < -0.39 is 9.04 Å². The van der Waals surface area contributed by atoms with E-state index in [0.29, 0.717) is 0 Å². The highest BCUT2D eigenvalue weighted by Gasteiger charge is 1.98. The third-order valence-electron chi connectivity index (χ3n) is 2.14. The van der Waals surface area contributed by atoms with Crippen LogP contribution >= 0.6 is 0 Å². The lowest BCUT2D eigenvalue weighted by Crippen LogP contribution is -2.03. The molecule has 0 bridgehead atoms. The highest BCUT2D eigenvalue weighted by molar-refractivity contribution is 6.48. The van der Waals surface area contributed by atoms with Crippen molar-refractivity contribution in [3.8, 4) is 0 Å². The normalized spacial score (nSPS) is 11.0. The molecule has 0 fully saturated rings. The molecule has 1 N–H and O–H groups in total. The van der Waals surface area contributed by atoms with Gasteiger partial charge < -0.3 is 4.80 Å². The SMILES string of the molecule is CCCCCCCCC[Si](C)O. The van der Waals surface area contributed by atoms with Gasteiger partial charge in [0.2, 0.25) is 9.04 Å². The Labute approximate surface area is 78.9 Å². The first kappa shape index (κ1) is 12.2. The second-order valence-electron chi connectivity index (χ2n) is 3.61. The second kappa shape index (κ2) is 9.27. The highest BCUT2D eigenvalue weighted by Crippen LogP contribution is 2.09. The van der Waals surface area contributed by atoms with Crippen molar-refractivity contribution in [1.29, 1.82) is 0 Å². The molecule has 0 heterocycles. The standard InChI is InChI=1S/C10H23OSi/c1-3-4-5-6-7-8-9-10-12(2)11/h11H,3-10H2,1-2H3. The van der Waals surface area contributed by atoms with Crippen LogP contribution < -0.4 is 0 Å². The molecule has 0 rings (SSSR count). The molecule has 0 aromatic carbocycles. The fourth-order valence-electron chi connectivity index (χ4n) is 1.34. The summed E-state index contributed by atoms with van der Waals surface area (Å²) in [5.41, 5.74) is 0. The van der Waals surface area contributed by atoms with Crippen LogP contribution in [0, 0.1) is 0 Å². The van der Waals surface area contributed by atoms with Gasteiger partial charge in [-0.1, -0.05) is 51.9 Å². The molecular formula is C10H23OSi. The summed E-state index contributed by atoms with van der Waals surface area (Å²) in [5.74, 6) is 0. The lowest BCUT2D eigenvalue weighted by atomic mass is 10.1. The first-order valence-corrected chi connectivity index (χ1v) is 7.44. The fraction of sp³-hybridized carbons (Fsp3) is 1.00. The molecule has 12 heavy (non-hydrogen) atoms. The largest absolute Gasteiger partial charge is 0.432 e. The molecule has 0 aliphatic carbocycles. The second-order valence-corrected chi connectivity index (χ2v) is 5.58. The molecule has 2 heteroatoms. The summed E-state index contributed by atoms with van der Waals surface area (Å²) in [5, 5.41) is 0. The summed E-state index contributed by atoms with van der Waals surface area (Å²) in [7, 11) is -0.932. The monoisotopic (exact) mass is 187 g/mol. The van der Waals surface area contributed by atoms with Crippen molar-refractivity contribution in [2.24, 2.45) is 0 Å². The van der Waals surface area contributed by atoms with Crippen molar-refractivity contribution in [1.82, 2.24) is 0 Å². The topological polar surface area (TPSA) is 20.2 Å². The van der Waals surface area contributed by atoms with Gasteiger partial charge in [-0.05, 0) is 12.6 Å². The minimum atomic E-state index is -0.932. The first-order valence-electron chi connectivity index (χ1n) is 5.28. The smallest absolute Gasteiger partial charge is 0.203 e. The third-order valence-corrected chi connectivity index (χ3v) is 3.22. The average molecular weight is 187 g/mol. The molecule has 0 aromatic heterocycles. The summed E-state index contributed by atoms with van der Waals surface area (Å²) < 4.78 is 0. The number of hydrogen-bond donors (Lipinski definition) is 1. The number of unbranched alkanes of at least 4 members (excludes halogenated alkanes) is 6. The Morgan fingerprint density at radius 1 is 0.917 bits per heavy atom. The van der Waals surface area contributed by atoms with Gasteiger partial charge in [0.25, 0.3) is 0 Å². The van der Waals surface area contributed by atoms with E-state index in [1.807, 2.05) is 6.55 Å². The molecule has 0 amide bonds. The van der Waals surface area contributed by atoms with Crippen LogP contribution in [0.3, 0.4) is 0 Å². The molecule has 0 saturated heterocycles. The summed E-state index contributed by atoms with van der Waals surface area (Å²) in [6.45, 7) is 4.22. The van der Waals surface area contributed by atoms with Crippen molar-refractivity contribution in [3.05, 3.63) is 0 Å². The maximum atomic E-state index is 9.09. The molecule has 0 aliphatic rings. The van der Waals surface area contributed by atoms with Crippen LogP contribution in [0.4, 0.5) is 0 Å². The van der Waals surface area contributed by atoms with Gasteiger partial charge in [0.1, 0.15) is 0 Å². The van der Waals surface area contributed by atoms with Gasteiger partial charge in [-0.25, -0.2) is 0 Å². The first-order chi connectivity index (χ1) is 5.77. The molecule has 0 aliphatic heterocycles. The van der Waals surface area contributed by atoms with Gasteiger partial charge in [0.15, 0.2) is 0 Å². The van der Waals surface area contributed by atoms with E-state index in [0.717, 1.165) is 6.04 Å². The molecule has 0 atom stereocenters. The summed E-state index contributed by atoms with van der Waals surface area (Å²) in [4.78, 5) is 9.09. The summed E-state index contributed by atoms with van der Waals surface area (Å²) in [6.07, 6.45) is 9.46. The Morgan fingerprint density at radius 2 is 1.42 bits per heavy atom. The van der Waals surface area contributed by atoms with Gasteiger partial charge >= 0.3 is 0 Å². The van der Waals surface area contributed by atoms with Crippen LogP contribution in [-0.4, -0.2) is 13.8 Å². The zero-order valence-corrected chi connectivity index (χ0v) is 9.60. The van der Waals surface area contributed by atoms with E-state index in [-0.39, 0.29) is 0 Å². The fourth-order valence-corrected chi connectivity index (χ4v) is 2.10. The van der Waals surface area contributed by atoms with Crippen molar-refractivity contribution in [2.45, 2.75) is 64.5 Å². The molecule has 1 nitrogen and oxygen atoms in total. The molecule has 0 unspecified atom stereocenters. The van der Waals surface area contributed by atoms with Crippen molar-refractivity contribution >= 4 is 9.04 Å². The van der Waals surface area contributed by atoms with Crippen LogP contribution in [0.5, 0.6) is 0 Å². The Balaban J connectivity index is 2.82. The molecule has 73 valence electrons. The number of rotatable bonds is 8. The van der Waals surface area contributed by atoms with E-state index in [2.05, 4.69) is 6.92 Å². The van der Waals surface area contributed by atoms with Gasteiger partial charge in [-0.2, -0.15) is 0 Å². The Morgan fingerprint density at radius 3 is 1.92 bits per heavy atom. The van der Waals surface area contributed by atoms with E-state index in [9.17, 15) is 0 Å². The zero-order valence-electron chi connectivity index (χ0n) is 8.60. The van der Waals surface area contributed by atoms with E-state index in [1.54, 1.807) is 0 Å². The van der Waals surface area contributed by atoms with Crippen LogP contribution in [-0.2, 0) is 0 Å². The van der Waals surface area contributed by atoms with Gasteiger partial charge in [0, 0.05) is 0 Å². The Kier molecular flexibility index (Phi) is 9.40. The predicted octanol–water partition coefficient (Wildman–Crippen LogP) is 3.35. The number of hydrogen-bond acceptors (Lipinski definition) is 1. The van der Waals surface area contributed by atoms with E-state index >= 15 is 0 Å². The molecule has 0 saturated carbocycles. The minimum Gasteiger partial charge on any atom is -0.432 e. The van der Waals surface area contributed by atoms with Crippen molar-refractivity contribution < 1.29 is 4.80 Å². The lowest BCUT2D eigenvalue weighted by Gasteiger charge is -2.01. The average Bonchev–Trinajstić information content (AvgIpc) is 2.02. The highest BCUT2D eigenvalue weighted by atomic mass is 28.3. The lowest BCUT2D eigenvalue weighted by molar-refractivity contribution is 0.558. The summed E-state index contributed by atoms with van der Waals surface area (Å²) in [6, 6.07) is 1.08. The molecular weight excluding hydrogens is 164 g/mol. The van der Waals surface area contributed by atoms with E-state index in [1.165, 1.54) is 44.9 Å². The quantitative estimate of drug-likeness (QED) is 0.456. The Hall–Kier alpha value is 0.177. The van der Waals surface area contributed by atoms with Crippen LogP contribution in [0.15, 0.2) is 0 Å². The maximum Gasteiger partial charge on any atom is 0.203 e. The van der Waals surface area contributed by atoms with Gasteiger partial charge in [0.05, 0.1) is 0 Å². The van der Waals surface area contributed by atoms with Crippen LogP contribution in [0.2, 0.25) is 12.6 Å². The van der Waals surface area contributed by atoms with E-state index in [4.69, 9.17) is 4.80 Å². The summed E-state index contributed by atoms with van der Waals surface area (Å²) >= 11 is 0. The van der Waals surface area contributed by atoms with Gasteiger partial charge in [-0.3, -0.25) is 0 Å². The molecule has 0 spiro atoms. The molecule has 0 aromatic rings. The van der Waals surface area contributed by atoms with Gasteiger partial charge in [-0.15, -0.1) is 0 Å². The minimum absolute atomic E-state index is 0.932. The maximum absolute atomic E-state index is 9.09. The Bertz CT molecular complexity index is 83.9.